The number of hydrogen-bond donors (Lipinski definition) is 1. The van der Waals surface area contributed by atoms with E-state index in [1.165, 1.54) is 4.31 Å². The zero-order valence-corrected chi connectivity index (χ0v) is 17.4. The molecule has 29 heavy (non-hydrogen) atoms. The van der Waals surface area contributed by atoms with Crippen molar-refractivity contribution in [3.05, 3.63) is 54.1 Å². The fourth-order valence-corrected chi connectivity index (χ4v) is 5.19. The molecule has 0 bridgehead atoms. The van der Waals surface area contributed by atoms with Crippen LogP contribution in [0.4, 0.5) is 0 Å². The monoisotopic (exact) mass is 418 g/mol. The second-order valence-electron chi connectivity index (χ2n) is 6.81. The van der Waals surface area contributed by atoms with Crippen molar-refractivity contribution < 1.29 is 22.7 Å². The van der Waals surface area contributed by atoms with E-state index in [4.69, 9.17) is 9.47 Å². The van der Waals surface area contributed by atoms with E-state index in [1.807, 2.05) is 12.1 Å². The Morgan fingerprint density at radius 2 is 1.90 bits per heavy atom. The number of nitrogens with one attached hydrogen (secondary N) is 1. The average molecular weight is 419 g/mol. The highest BCUT2D eigenvalue weighted by molar-refractivity contribution is 7.89. The zero-order valence-electron chi connectivity index (χ0n) is 16.6. The highest BCUT2D eigenvalue weighted by Crippen LogP contribution is 2.27. The summed E-state index contributed by atoms with van der Waals surface area (Å²) < 4.78 is 37.7. The minimum absolute atomic E-state index is 0.211. The predicted molar refractivity (Wildman–Crippen MR) is 110 cm³/mol. The fourth-order valence-electron chi connectivity index (χ4n) is 3.51. The largest absolute Gasteiger partial charge is 0.497 e. The Labute approximate surface area is 171 Å². The van der Waals surface area contributed by atoms with Crippen molar-refractivity contribution in [2.24, 2.45) is 0 Å². The maximum absolute atomic E-state index is 12.9. The van der Waals surface area contributed by atoms with Gasteiger partial charge in [-0.2, -0.15) is 4.31 Å². The van der Waals surface area contributed by atoms with Crippen LogP contribution >= 0.6 is 0 Å². The number of ether oxygens (including phenoxy) is 2. The molecule has 0 radical (unpaired) electrons. The summed E-state index contributed by atoms with van der Waals surface area (Å²) >= 11 is 0. The molecule has 3 rings (SSSR count). The summed E-state index contributed by atoms with van der Waals surface area (Å²) in [5, 5.41) is 2.87. The lowest BCUT2D eigenvalue weighted by Gasteiger charge is -2.23. The lowest BCUT2D eigenvalue weighted by atomic mass is 10.1. The summed E-state index contributed by atoms with van der Waals surface area (Å²) in [7, 11) is -0.516. The summed E-state index contributed by atoms with van der Waals surface area (Å²) in [5.74, 6) is 1.12. The van der Waals surface area contributed by atoms with Crippen molar-refractivity contribution >= 4 is 15.9 Å². The summed E-state index contributed by atoms with van der Waals surface area (Å²) in [4.78, 5) is 12.9. The highest BCUT2D eigenvalue weighted by Gasteiger charge is 2.39. The first-order chi connectivity index (χ1) is 14.0. The van der Waals surface area contributed by atoms with Crippen molar-refractivity contribution in [3.63, 3.8) is 0 Å². The number of carbonyl (C=O) groups excluding carboxylic acids is 1. The quantitative estimate of drug-likeness (QED) is 0.711. The molecule has 156 valence electrons. The van der Waals surface area contributed by atoms with Crippen molar-refractivity contribution in [1.29, 1.82) is 0 Å². The number of rotatable bonds is 8. The van der Waals surface area contributed by atoms with Gasteiger partial charge in [0.1, 0.15) is 17.5 Å². The van der Waals surface area contributed by atoms with Gasteiger partial charge in [0.05, 0.1) is 19.1 Å². The fraction of sp³-hybridized carbons (Fsp3) is 0.381. The molecule has 0 aromatic heterocycles. The standard InChI is InChI=1S/C21H26N2O5S/c1-27-17-11-10-16(20(15-17)28-2)12-13-22-21(24)19-9-6-14-23(19)29(25,26)18-7-4-3-5-8-18/h3-5,7-8,10-11,15,19H,6,9,12-14H2,1-2H3,(H,22,24). The van der Waals surface area contributed by atoms with Crippen molar-refractivity contribution in [2.45, 2.75) is 30.2 Å². The number of amides is 1. The molecular weight excluding hydrogens is 392 g/mol. The number of methoxy groups -OCH3 is 2. The molecule has 1 fully saturated rings. The molecule has 7 nitrogen and oxygen atoms in total. The van der Waals surface area contributed by atoms with E-state index in [-0.39, 0.29) is 10.8 Å². The summed E-state index contributed by atoms with van der Waals surface area (Å²) in [6.45, 7) is 0.735. The number of benzene rings is 2. The lowest BCUT2D eigenvalue weighted by Crippen LogP contribution is -2.46. The van der Waals surface area contributed by atoms with Gasteiger partial charge >= 0.3 is 0 Å². The van der Waals surface area contributed by atoms with Gasteiger partial charge in [-0.05, 0) is 43.0 Å². The Hall–Kier alpha value is -2.58. The third-order valence-electron chi connectivity index (χ3n) is 5.04. The van der Waals surface area contributed by atoms with E-state index < -0.39 is 16.1 Å². The Morgan fingerprint density at radius 3 is 2.59 bits per heavy atom. The first kappa shape index (κ1) is 21.1. The van der Waals surface area contributed by atoms with Crippen LogP contribution in [0.25, 0.3) is 0 Å². The van der Waals surface area contributed by atoms with E-state index >= 15 is 0 Å². The van der Waals surface area contributed by atoms with E-state index in [0.29, 0.717) is 43.9 Å². The smallest absolute Gasteiger partial charge is 0.243 e. The Morgan fingerprint density at radius 1 is 1.14 bits per heavy atom. The predicted octanol–water partition coefficient (Wildman–Crippen LogP) is 2.22. The van der Waals surface area contributed by atoms with Gasteiger partial charge in [-0.25, -0.2) is 8.42 Å². The third-order valence-corrected chi connectivity index (χ3v) is 6.97. The minimum Gasteiger partial charge on any atom is -0.497 e. The Balaban J connectivity index is 1.63. The second-order valence-corrected chi connectivity index (χ2v) is 8.70. The number of hydrogen-bond acceptors (Lipinski definition) is 5. The molecule has 1 saturated heterocycles. The van der Waals surface area contributed by atoms with Gasteiger partial charge in [-0.1, -0.05) is 24.3 Å². The molecule has 8 heteroatoms. The number of nitrogens with zero attached hydrogens (tertiary/aromatic N) is 1. The van der Waals surface area contributed by atoms with Crippen LogP contribution in [0, 0.1) is 0 Å². The maximum atomic E-state index is 12.9. The summed E-state index contributed by atoms with van der Waals surface area (Å²) in [5.41, 5.74) is 0.939. The van der Waals surface area contributed by atoms with Crippen LogP contribution in [0.15, 0.2) is 53.4 Å². The van der Waals surface area contributed by atoms with Crippen molar-refractivity contribution in [1.82, 2.24) is 9.62 Å². The molecule has 0 aliphatic carbocycles. The molecule has 1 N–H and O–H groups in total. The molecule has 2 aromatic carbocycles. The molecule has 1 amide bonds. The molecule has 1 aliphatic heterocycles. The number of sulfonamides is 1. The van der Waals surface area contributed by atoms with Crippen molar-refractivity contribution in [2.75, 3.05) is 27.3 Å². The van der Waals surface area contributed by atoms with Crippen LogP contribution < -0.4 is 14.8 Å². The molecule has 1 aliphatic rings. The SMILES string of the molecule is COc1ccc(CCNC(=O)C2CCCN2S(=O)(=O)c2ccccc2)c(OC)c1. The average Bonchev–Trinajstić information content (AvgIpc) is 3.25. The molecule has 1 heterocycles. The summed E-state index contributed by atoms with van der Waals surface area (Å²) in [6.07, 6.45) is 1.75. The van der Waals surface area contributed by atoms with Gasteiger partial charge in [-0.3, -0.25) is 4.79 Å². The molecule has 0 spiro atoms. The maximum Gasteiger partial charge on any atom is 0.243 e. The van der Waals surface area contributed by atoms with Gasteiger partial charge in [0.15, 0.2) is 0 Å². The molecule has 1 atom stereocenters. The molecule has 0 saturated carbocycles. The summed E-state index contributed by atoms with van der Waals surface area (Å²) in [6, 6.07) is 13.1. The van der Waals surface area contributed by atoms with Crippen LogP contribution in [-0.2, 0) is 21.2 Å². The van der Waals surface area contributed by atoms with E-state index in [1.54, 1.807) is 50.6 Å². The van der Waals surface area contributed by atoms with Crippen LogP contribution in [-0.4, -0.2) is 52.0 Å². The Kier molecular flexibility index (Phi) is 6.76. The first-order valence-electron chi connectivity index (χ1n) is 9.53. The topological polar surface area (TPSA) is 84.9 Å². The molecule has 2 aromatic rings. The van der Waals surface area contributed by atoms with E-state index in [9.17, 15) is 13.2 Å². The van der Waals surface area contributed by atoms with Gasteiger partial charge < -0.3 is 14.8 Å². The van der Waals surface area contributed by atoms with Gasteiger partial charge in [0.25, 0.3) is 0 Å². The van der Waals surface area contributed by atoms with Crippen molar-refractivity contribution in [3.8, 4) is 11.5 Å². The lowest BCUT2D eigenvalue weighted by molar-refractivity contribution is -0.124. The highest BCUT2D eigenvalue weighted by atomic mass is 32.2. The second kappa shape index (κ2) is 9.28. The zero-order chi connectivity index (χ0) is 20.9. The Bertz CT molecular complexity index is 947. The van der Waals surface area contributed by atoms with Gasteiger partial charge in [0.2, 0.25) is 15.9 Å². The van der Waals surface area contributed by atoms with E-state index in [2.05, 4.69) is 5.32 Å². The molecule has 1 unspecified atom stereocenters. The van der Waals surface area contributed by atoms with Crippen LogP contribution in [0.3, 0.4) is 0 Å². The van der Waals surface area contributed by atoms with Crippen LogP contribution in [0.1, 0.15) is 18.4 Å². The number of carbonyl (C=O) groups is 1. The van der Waals surface area contributed by atoms with Gasteiger partial charge in [-0.15, -0.1) is 0 Å². The molecular formula is C21H26N2O5S. The van der Waals surface area contributed by atoms with Crippen LogP contribution in [0.5, 0.6) is 11.5 Å². The normalized spacial score (nSPS) is 17.1. The minimum atomic E-state index is -3.69. The third kappa shape index (κ3) is 4.71. The first-order valence-corrected chi connectivity index (χ1v) is 11.0. The van der Waals surface area contributed by atoms with Gasteiger partial charge in [0, 0.05) is 19.2 Å². The van der Waals surface area contributed by atoms with Crippen LogP contribution in [0.2, 0.25) is 0 Å². The van der Waals surface area contributed by atoms with E-state index in [0.717, 1.165) is 5.56 Å².